The molecule has 2 fully saturated rings. The highest BCUT2D eigenvalue weighted by Gasteiger charge is 2.37. The lowest BCUT2D eigenvalue weighted by Crippen LogP contribution is -2.46. The Balaban J connectivity index is 1.72. The first-order valence-corrected chi connectivity index (χ1v) is 9.64. The summed E-state index contributed by atoms with van der Waals surface area (Å²) in [5.41, 5.74) is 0.621. The van der Waals surface area contributed by atoms with Crippen molar-refractivity contribution in [3.05, 3.63) is 28.7 Å². The number of hydrogen-bond acceptors (Lipinski definition) is 8. The predicted octanol–water partition coefficient (Wildman–Crippen LogP) is 1.49. The Bertz CT molecular complexity index is 888. The first-order chi connectivity index (χ1) is 14.0. The third kappa shape index (κ3) is 4.88. The number of nitriles is 1. The Kier molecular flexibility index (Phi) is 6.74. The van der Waals surface area contributed by atoms with Gasteiger partial charge in [0.15, 0.2) is 18.1 Å². The van der Waals surface area contributed by atoms with E-state index in [2.05, 4.69) is 0 Å². The summed E-state index contributed by atoms with van der Waals surface area (Å²) in [6.07, 6.45) is 1.56. The fraction of sp³-hybridized carbons (Fsp3) is 0.368. The molecule has 0 N–H and O–H groups in total. The Morgan fingerprint density at radius 3 is 2.76 bits per heavy atom. The Hall–Kier alpha value is -3.03. The Morgan fingerprint density at radius 2 is 2.07 bits per heavy atom. The van der Waals surface area contributed by atoms with Crippen LogP contribution in [-0.4, -0.2) is 73.4 Å². The zero-order valence-corrected chi connectivity index (χ0v) is 16.6. The van der Waals surface area contributed by atoms with E-state index in [-0.39, 0.29) is 24.0 Å². The molecule has 0 saturated carbocycles. The molecule has 3 amide bonds. The summed E-state index contributed by atoms with van der Waals surface area (Å²) in [4.78, 5) is 40.0. The van der Waals surface area contributed by atoms with Crippen molar-refractivity contribution in [3.63, 3.8) is 0 Å². The fourth-order valence-corrected chi connectivity index (χ4v) is 3.68. The van der Waals surface area contributed by atoms with Crippen LogP contribution in [0.3, 0.4) is 0 Å². The van der Waals surface area contributed by atoms with E-state index in [0.717, 1.165) is 16.7 Å². The molecule has 0 unspecified atom stereocenters. The first-order valence-electron chi connectivity index (χ1n) is 8.82. The van der Waals surface area contributed by atoms with Crippen LogP contribution in [0.15, 0.2) is 23.1 Å². The van der Waals surface area contributed by atoms with Crippen LogP contribution in [0.5, 0.6) is 11.5 Å². The molecule has 0 aliphatic carbocycles. The number of carbonyl (C=O) groups is 3. The van der Waals surface area contributed by atoms with Gasteiger partial charge in [-0.2, -0.15) is 5.26 Å². The molecule has 10 heteroatoms. The number of hydrogen-bond donors (Lipinski definition) is 0. The van der Waals surface area contributed by atoms with Crippen LogP contribution >= 0.6 is 11.8 Å². The van der Waals surface area contributed by atoms with Gasteiger partial charge in [-0.1, -0.05) is 6.07 Å². The molecule has 1 aromatic carbocycles. The number of morpholine rings is 1. The van der Waals surface area contributed by atoms with Gasteiger partial charge in [0.05, 0.1) is 25.2 Å². The minimum atomic E-state index is -0.509. The number of thioether (sulfide) groups is 1. The molecule has 3 rings (SSSR count). The molecule has 0 aromatic heterocycles. The van der Waals surface area contributed by atoms with Gasteiger partial charge in [0.25, 0.3) is 11.1 Å². The molecular weight excluding hydrogens is 398 g/mol. The standard InChI is InChI=1S/C19H19N3O6S/c1-26-15-10-13(2-3-14(15)28-7-4-20)11-16-18(24)22(19(25)29-16)12-17(23)21-5-8-27-9-6-21/h2-3,10-11H,5-9,12H2,1H3/b16-11+. The van der Waals surface area contributed by atoms with E-state index in [1.54, 1.807) is 29.2 Å². The lowest BCUT2D eigenvalue weighted by atomic mass is 10.2. The maximum Gasteiger partial charge on any atom is 0.294 e. The average Bonchev–Trinajstić information content (AvgIpc) is 3.00. The van der Waals surface area contributed by atoms with Crippen LogP contribution in [0.1, 0.15) is 5.56 Å². The first kappa shape index (κ1) is 20.7. The number of nitrogens with zero attached hydrogens (tertiary/aromatic N) is 3. The summed E-state index contributed by atoms with van der Waals surface area (Å²) in [5, 5.41) is 8.14. The summed E-state index contributed by atoms with van der Waals surface area (Å²) in [6.45, 7) is 1.39. The van der Waals surface area contributed by atoms with Gasteiger partial charge in [0.1, 0.15) is 12.6 Å². The molecule has 0 spiro atoms. The minimum absolute atomic E-state index is 0.119. The van der Waals surface area contributed by atoms with E-state index in [0.29, 0.717) is 43.4 Å². The second-order valence-electron chi connectivity index (χ2n) is 6.12. The topological polar surface area (TPSA) is 109 Å². The highest BCUT2D eigenvalue weighted by molar-refractivity contribution is 8.18. The molecule has 0 radical (unpaired) electrons. The van der Waals surface area contributed by atoms with Gasteiger partial charge >= 0.3 is 0 Å². The second kappa shape index (κ2) is 9.45. The van der Waals surface area contributed by atoms with Gasteiger partial charge in [-0.25, -0.2) is 0 Å². The third-order valence-electron chi connectivity index (χ3n) is 4.31. The van der Waals surface area contributed by atoms with Gasteiger partial charge in [-0.3, -0.25) is 19.3 Å². The summed E-state index contributed by atoms with van der Waals surface area (Å²) < 4.78 is 15.7. The van der Waals surface area contributed by atoms with Gasteiger partial charge in [0, 0.05) is 13.1 Å². The molecule has 9 nitrogen and oxygen atoms in total. The quantitative estimate of drug-likeness (QED) is 0.641. The number of carbonyl (C=O) groups excluding carboxylic acids is 3. The maximum atomic E-state index is 12.6. The molecule has 29 heavy (non-hydrogen) atoms. The average molecular weight is 417 g/mol. The summed E-state index contributed by atoms with van der Waals surface area (Å²) in [5.74, 6) is 0.00836. The van der Waals surface area contributed by atoms with Gasteiger partial charge < -0.3 is 19.1 Å². The van der Waals surface area contributed by atoms with E-state index in [9.17, 15) is 14.4 Å². The normalized spacial score (nSPS) is 18.1. The number of methoxy groups -OCH3 is 1. The number of imide groups is 1. The van der Waals surface area contributed by atoms with Crippen LogP contribution in [-0.2, 0) is 14.3 Å². The second-order valence-corrected chi connectivity index (χ2v) is 7.11. The smallest absolute Gasteiger partial charge is 0.294 e. The van der Waals surface area contributed by atoms with Crippen molar-refractivity contribution in [2.75, 3.05) is 46.6 Å². The van der Waals surface area contributed by atoms with Gasteiger partial charge in [-0.15, -0.1) is 0 Å². The van der Waals surface area contributed by atoms with E-state index >= 15 is 0 Å². The molecule has 152 valence electrons. The summed E-state index contributed by atoms with van der Waals surface area (Å²) in [7, 11) is 1.46. The number of amides is 3. The number of rotatable bonds is 6. The number of benzene rings is 1. The maximum absolute atomic E-state index is 12.6. The lowest BCUT2D eigenvalue weighted by Gasteiger charge is -2.28. The van der Waals surface area contributed by atoms with E-state index in [4.69, 9.17) is 19.5 Å². The van der Waals surface area contributed by atoms with Crippen LogP contribution in [0, 0.1) is 11.3 Å². The zero-order chi connectivity index (χ0) is 20.8. The van der Waals surface area contributed by atoms with Gasteiger partial charge in [0.2, 0.25) is 5.91 Å². The third-order valence-corrected chi connectivity index (χ3v) is 5.22. The summed E-state index contributed by atoms with van der Waals surface area (Å²) in [6, 6.07) is 6.82. The molecule has 2 saturated heterocycles. The minimum Gasteiger partial charge on any atom is -0.493 e. The molecular formula is C19H19N3O6S. The van der Waals surface area contributed by atoms with Gasteiger partial charge in [-0.05, 0) is 35.5 Å². The van der Waals surface area contributed by atoms with E-state index in [1.807, 2.05) is 6.07 Å². The van der Waals surface area contributed by atoms with Crippen molar-refractivity contribution in [2.24, 2.45) is 0 Å². The molecule has 0 atom stereocenters. The molecule has 2 aliphatic rings. The van der Waals surface area contributed by atoms with Crippen molar-refractivity contribution in [1.29, 1.82) is 5.26 Å². The predicted molar refractivity (Wildman–Crippen MR) is 104 cm³/mol. The van der Waals surface area contributed by atoms with Crippen LogP contribution in [0.4, 0.5) is 4.79 Å². The summed E-state index contributed by atoms with van der Waals surface area (Å²) >= 11 is 0.785. The zero-order valence-electron chi connectivity index (χ0n) is 15.8. The van der Waals surface area contributed by atoms with Crippen LogP contribution in [0.2, 0.25) is 0 Å². The highest BCUT2D eigenvalue weighted by Crippen LogP contribution is 2.34. The SMILES string of the molecule is COc1cc(/C=C2/SC(=O)N(CC(=O)N3CCOCC3)C2=O)ccc1OCC#N. The largest absolute Gasteiger partial charge is 0.493 e. The molecule has 0 bridgehead atoms. The lowest BCUT2D eigenvalue weighted by molar-refractivity contribution is -0.139. The molecule has 1 aromatic rings. The van der Waals surface area contributed by atoms with Crippen LogP contribution < -0.4 is 9.47 Å². The highest BCUT2D eigenvalue weighted by atomic mass is 32.2. The number of ether oxygens (including phenoxy) is 3. The Morgan fingerprint density at radius 1 is 1.31 bits per heavy atom. The van der Waals surface area contributed by atoms with Crippen molar-refractivity contribution in [2.45, 2.75) is 0 Å². The van der Waals surface area contributed by atoms with E-state index in [1.165, 1.54) is 7.11 Å². The van der Waals surface area contributed by atoms with Crippen molar-refractivity contribution in [3.8, 4) is 17.6 Å². The molecule has 2 aliphatic heterocycles. The monoisotopic (exact) mass is 417 g/mol. The molecule has 2 heterocycles. The fourth-order valence-electron chi connectivity index (χ4n) is 2.84. The van der Waals surface area contributed by atoms with Crippen molar-refractivity contribution in [1.82, 2.24) is 9.80 Å². The van der Waals surface area contributed by atoms with Crippen molar-refractivity contribution < 1.29 is 28.6 Å². The van der Waals surface area contributed by atoms with Crippen LogP contribution in [0.25, 0.3) is 6.08 Å². The van der Waals surface area contributed by atoms with Crippen molar-refractivity contribution >= 4 is 34.9 Å². The van der Waals surface area contributed by atoms with E-state index < -0.39 is 11.1 Å². The Labute approximate surface area is 171 Å².